The molecule has 0 bridgehead atoms. The fraction of sp³-hybridized carbons (Fsp3) is 0. The van der Waals surface area contributed by atoms with E-state index in [4.69, 9.17) is 5.21 Å². The molecular formula is C8H6N2O3. The summed E-state index contributed by atoms with van der Waals surface area (Å²) in [7, 11) is 0. The highest BCUT2D eigenvalue weighted by Gasteiger charge is 2.03. The first kappa shape index (κ1) is 7.60. The molecule has 0 spiro atoms. The lowest BCUT2D eigenvalue weighted by Crippen LogP contribution is -2.27. The predicted molar refractivity (Wildman–Crippen MR) is 46.0 cm³/mol. The van der Waals surface area contributed by atoms with Crippen LogP contribution in [0.1, 0.15) is 0 Å². The summed E-state index contributed by atoms with van der Waals surface area (Å²) < 4.78 is 0. The van der Waals surface area contributed by atoms with Gasteiger partial charge in [-0.15, -0.1) is 0 Å². The molecule has 2 N–H and O–H groups in total. The molecule has 0 atom stereocenters. The molecule has 0 fully saturated rings. The van der Waals surface area contributed by atoms with Gasteiger partial charge in [-0.05, 0) is 12.1 Å². The van der Waals surface area contributed by atoms with Gasteiger partial charge in [-0.3, -0.25) is 9.59 Å². The van der Waals surface area contributed by atoms with Crippen LogP contribution in [0.2, 0.25) is 0 Å². The SMILES string of the molecule is O=c1[nH]n(O)c(=O)c2ccccc12. The summed E-state index contributed by atoms with van der Waals surface area (Å²) in [5, 5.41) is 11.4. The quantitative estimate of drug-likeness (QED) is 0.554. The van der Waals surface area contributed by atoms with Crippen LogP contribution in [0.15, 0.2) is 33.9 Å². The Morgan fingerprint density at radius 3 is 2.46 bits per heavy atom. The number of nitrogens with zero attached hydrogens (tertiary/aromatic N) is 1. The minimum Gasteiger partial charge on any atom is -0.410 e. The van der Waals surface area contributed by atoms with Crippen LogP contribution < -0.4 is 11.1 Å². The molecule has 1 aromatic heterocycles. The number of H-pyrrole nitrogens is 1. The zero-order chi connectivity index (χ0) is 9.42. The monoisotopic (exact) mass is 178 g/mol. The van der Waals surface area contributed by atoms with Crippen molar-refractivity contribution in [3.63, 3.8) is 0 Å². The molecule has 2 aromatic rings. The van der Waals surface area contributed by atoms with Gasteiger partial charge in [0.2, 0.25) is 0 Å². The number of aromatic nitrogens is 2. The Balaban J connectivity index is 3.15. The molecule has 0 aliphatic heterocycles. The van der Waals surface area contributed by atoms with E-state index in [0.717, 1.165) is 0 Å². The third-order valence-electron chi connectivity index (χ3n) is 1.80. The van der Waals surface area contributed by atoms with Crippen molar-refractivity contribution < 1.29 is 5.21 Å². The van der Waals surface area contributed by atoms with E-state index in [2.05, 4.69) is 0 Å². The van der Waals surface area contributed by atoms with Gasteiger partial charge in [0, 0.05) is 0 Å². The van der Waals surface area contributed by atoms with Crippen molar-refractivity contribution in [2.75, 3.05) is 0 Å². The highest BCUT2D eigenvalue weighted by molar-refractivity contribution is 5.80. The second kappa shape index (κ2) is 2.48. The van der Waals surface area contributed by atoms with E-state index >= 15 is 0 Å². The first-order chi connectivity index (χ1) is 6.20. The van der Waals surface area contributed by atoms with Crippen LogP contribution in [-0.2, 0) is 0 Å². The Hall–Kier alpha value is -2.04. The summed E-state index contributed by atoms with van der Waals surface area (Å²) in [6.07, 6.45) is 0. The fourth-order valence-electron chi connectivity index (χ4n) is 1.19. The average molecular weight is 178 g/mol. The van der Waals surface area contributed by atoms with Gasteiger partial charge in [0.15, 0.2) is 0 Å². The molecule has 0 unspecified atom stereocenters. The molecule has 0 saturated heterocycles. The number of rotatable bonds is 0. The second-order valence-electron chi connectivity index (χ2n) is 2.60. The highest BCUT2D eigenvalue weighted by atomic mass is 16.5. The minimum absolute atomic E-state index is 0.185. The Labute approximate surface area is 71.8 Å². The van der Waals surface area contributed by atoms with Gasteiger partial charge in [0.25, 0.3) is 5.56 Å². The Morgan fingerprint density at radius 2 is 1.77 bits per heavy atom. The van der Waals surface area contributed by atoms with E-state index in [1.165, 1.54) is 12.1 Å². The van der Waals surface area contributed by atoms with Crippen molar-refractivity contribution in [3.8, 4) is 0 Å². The number of fused-ring (bicyclic) bond motifs is 1. The third kappa shape index (κ3) is 1.01. The maximum absolute atomic E-state index is 11.2. The zero-order valence-electron chi connectivity index (χ0n) is 6.52. The van der Waals surface area contributed by atoms with E-state index in [1.54, 1.807) is 12.1 Å². The van der Waals surface area contributed by atoms with Crippen LogP contribution in [-0.4, -0.2) is 15.2 Å². The van der Waals surface area contributed by atoms with E-state index in [1.807, 2.05) is 5.10 Å². The molecular weight excluding hydrogens is 172 g/mol. The van der Waals surface area contributed by atoms with Crippen molar-refractivity contribution in [2.45, 2.75) is 0 Å². The van der Waals surface area contributed by atoms with Gasteiger partial charge in [-0.25, -0.2) is 5.10 Å². The van der Waals surface area contributed by atoms with Crippen molar-refractivity contribution in [1.82, 2.24) is 9.94 Å². The summed E-state index contributed by atoms with van der Waals surface area (Å²) in [5.41, 5.74) is -1.12. The van der Waals surface area contributed by atoms with E-state index in [0.29, 0.717) is 0 Å². The van der Waals surface area contributed by atoms with Crippen molar-refractivity contribution in [3.05, 3.63) is 45.0 Å². The molecule has 1 heterocycles. The van der Waals surface area contributed by atoms with Gasteiger partial charge in [0.05, 0.1) is 10.8 Å². The lowest BCUT2D eigenvalue weighted by atomic mass is 10.2. The maximum atomic E-state index is 11.2. The first-order valence-electron chi connectivity index (χ1n) is 3.63. The lowest BCUT2D eigenvalue weighted by molar-refractivity contribution is 0.134. The molecule has 0 saturated carbocycles. The van der Waals surface area contributed by atoms with Gasteiger partial charge < -0.3 is 5.21 Å². The number of nitrogens with one attached hydrogen (secondary N) is 1. The molecule has 0 aliphatic carbocycles. The number of hydrogen-bond acceptors (Lipinski definition) is 3. The maximum Gasteiger partial charge on any atom is 0.308 e. The number of benzene rings is 1. The summed E-state index contributed by atoms with van der Waals surface area (Å²) in [6, 6.07) is 6.29. The largest absolute Gasteiger partial charge is 0.410 e. The van der Waals surface area contributed by atoms with Gasteiger partial charge in [0.1, 0.15) is 0 Å². The fourth-order valence-corrected chi connectivity index (χ4v) is 1.19. The van der Waals surface area contributed by atoms with Crippen LogP contribution in [0.5, 0.6) is 0 Å². The molecule has 13 heavy (non-hydrogen) atoms. The number of hydrogen-bond donors (Lipinski definition) is 2. The lowest BCUT2D eigenvalue weighted by Gasteiger charge is -1.97. The molecule has 0 amide bonds. The normalized spacial score (nSPS) is 10.5. The van der Waals surface area contributed by atoms with Crippen LogP contribution >= 0.6 is 0 Å². The summed E-state index contributed by atoms with van der Waals surface area (Å²) in [4.78, 5) is 22.6. The molecule has 5 nitrogen and oxygen atoms in total. The summed E-state index contributed by atoms with van der Waals surface area (Å²) in [6.45, 7) is 0. The molecule has 1 aromatic carbocycles. The Bertz CT molecular complexity index is 567. The summed E-state index contributed by atoms with van der Waals surface area (Å²) >= 11 is 0. The summed E-state index contributed by atoms with van der Waals surface area (Å²) in [5.74, 6) is 0. The van der Waals surface area contributed by atoms with Crippen molar-refractivity contribution in [1.29, 1.82) is 0 Å². The number of aromatic amines is 1. The standard InChI is InChI=1S/C8H6N2O3/c11-7-5-3-1-2-4-6(5)8(12)10(13)9-7/h1-4,13H,(H,9,11). The van der Waals surface area contributed by atoms with Crippen LogP contribution in [0.4, 0.5) is 0 Å². The van der Waals surface area contributed by atoms with Gasteiger partial charge >= 0.3 is 5.56 Å². The second-order valence-corrected chi connectivity index (χ2v) is 2.60. The first-order valence-corrected chi connectivity index (χ1v) is 3.63. The van der Waals surface area contributed by atoms with E-state index in [9.17, 15) is 9.59 Å². The third-order valence-corrected chi connectivity index (χ3v) is 1.80. The average Bonchev–Trinajstić information content (AvgIpc) is 2.15. The van der Waals surface area contributed by atoms with Crippen molar-refractivity contribution >= 4 is 10.8 Å². The van der Waals surface area contributed by atoms with Gasteiger partial charge in [-0.1, -0.05) is 17.0 Å². The van der Waals surface area contributed by atoms with Crippen LogP contribution in [0.3, 0.4) is 0 Å². The Kier molecular flexibility index (Phi) is 1.45. The van der Waals surface area contributed by atoms with Gasteiger partial charge in [-0.2, -0.15) is 0 Å². The molecule has 0 aliphatic rings. The highest BCUT2D eigenvalue weighted by Crippen LogP contribution is 2.01. The van der Waals surface area contributed by atoms with Crippen LogP contribution in [0, 0.1) is 0 Å². The topological polar surface area (TPSA) is 75.1 Å². The van der Waals surface area contributed by atoms with E-state index < -0.39 is 11.1 Å². The zero-order valence-corrected chi connectivity index (χ0v) is 6.52. The van der Waals surface area contributed by atoms with E-state index in [-0.39, 0.29) is 15.6 Å². The molecule has 66 valence electrons. The minimum atomic E-state index is -0.629. The molecule has 2 rings (SSSR count). The van der Waals surface area contributed by atoms with Crippen molar-refractivity contribution in [2.24, 2.45) is 0 Å². The Morgan fingerprint density at radius 1 is 1.15 bits per heavy atom. The molecule has 5 heteroatoms. The predicted octanol–water partition coefficient (Wildman–Crippen LogP) is -0.0729. The smallest absolute Gasteiger partial charge is 0.308 e. The van der Waals surface area contributed by atoms with Crippen LogP contribution in [0.25, 0.3) is 10.8 Å². The molecule has 0 radical (unpaired) electrons.